The first-order chi connectivity index (χ1) is 1.73. The zero-order chi connectivity index (χ0) is 3.58. The van der Waals surface area contributed by atoms with E-state index in [1.54, 1.807) is 0 Å². The molecule has 0 atom stereocenters. The smallest absolute Gasteiger partial charge is 0.356 e. The van der Waals surface area contributed by atoms with Crippen LogP contribution in [-0.2, 0) is 0 Å². The van der Waals surface area contributed by atoms with E-state index in [2.05, 4.69) is 32.7 Å². The van der Waals surface area contributed by atoms with Crippen LogP contribution >= 0.6 is 25.6 Å². The van der Waals surface area contributed by atoms with Crippen LogP contribution in [0.2, 0.25) is 0 Å². The van der Waals surface area contributed by atoms with Crippen LogP contribution in [0.25, 0.3) is 0 Å². The van der Waals surface area contributed by atoms with Gasteiger partial charge < -0.3 is 3.71 Å². The molecule has 0 aromatic heterocycles. The fourth-order valence-corrected chi connectivity index (χ4v) is 0. The Morgan fingerprint density at radius 2 is 1.40 bits per heavy atom. The Hall–Kier alpha value is 1.66. The zero-order valence-corrected chi connectivity index (χ0v) is 6.84. The van der Waals surface area contributed by atoms with Gasteiger partial charge in [-0.05, 0) is 0 Å². The van der Waals surface area contributed by atoms with Crippen LogP contribution in [0.15, 0.2) is 0 Å². The molecule has 5 heavy (non-hydrogen) atoms. The molecule has 26 valence electrons. The molecule has 0 N–H and O–H groups in total. The Kier molecular flexibility index (Phi) is 11.1. The van der Waals surface area contributed by atoms with Crippen LogP contribution in [0.1, 0.15) is 0 Å². The third-order valence-electron chi connectivity index (χ3n) is 0. The minimum absolute atomic E-state index is 0. The summed E-state index contributed by atoms with van der Waals surface area (Å²) in [6.07, 6.45) is 0. The number of nitrogens with zero attached hydrogens (tertiary/aromatic N) is 1. The molecular formula is CH4NNaS2. The van der Waals surface area contributed by atoms with Crippen molar-refractivity contribution in [2.24, 2.45) is 0 Å². The molecule has 1 nitrogen and oxygen atoms in total. The van der Waals surface area contributed by atoms with E-state index in [4.69, 9.17) is 0 Å². The third kappa shape index (κ3) is 27.5. The Balaban J connectivity index is 0. The number of thiol groups is 2. The van der Waals surface area contributed by atoms with E-state index in [0.29, 0.717) is 0 Å². The van der Waals surface area contributed by atoms with Crippen LogP contribution < -0.4 is 29.6 Å². The van der Waals surface area contributed by atoms with Crippen molar-refractivity contribution in [2.75, 3.05) is 0 Å². The molecule has 0 rings (SSSR count). The molecule has 0 fully saturated rings. The molecule has 0 aliphatic carbocycles. The largest absolute Gasteiger partial charge is 1.00 e. The molecule has 0 unspecified atom stereocenters. The van der Waals surface area contributed by atoms with Gasteiger partial charge in [0.15, 0.2) is 0 Å². The number of rotatable bonds is 0. The first-order valence-electron chi connectivity index (χ1n) is 0.716. The minimum Gasteiger partial charge on any atom is -0.356 e. The van der Waals surface area contributed by atoms with Crippen molar-refractivity contribution in [3.8, 4) is 0 Å². The summed E-state index contributed by atoms with van der Waals surface area (Å²) in [5.74, 6) is 0. The molecule has 0 amide bonds. The second-order valence-electron chi connectivity index (χ2n) is 0.372. The average molecular weight is 117 g/mol. The maximum absolute atomic E-state index is 3.55. The van der Waals surface area contributed by atoms with Gasteiger partial charge in [-0.2, -0.15) is 0 Å². The van der Waals surface area contributed by atoms with Crippen LogP contribution in [0.4, 0.5) is 0 Å². The van der Waals surface area contributed by atoms with Crippen molar-refractivity contribution in [1.82, 2.24) is 3.71 Å². The predicted octanol–water partition coefficient (Wildman–Crippen LogP) is -2.23. The molecule has 0 aliphatic heterocycles. The molecule has 0 radical (unpaired) electrons. The summed E-state index contributed by atoms with van der Waals surface area (Å²) in [7, 11) is 3.20. The molecular weight excluding hydrogens is 113 g/mol. The molecule has 0 saturated heterocycles. The molecule has 0 aromatic rings. The summed E-state index contributed by atoms with van der Waals surface area (Å²) in [5, 5.41) is 0. The van der Waals surface area contributed by atoms with Gasteiger partial charge in [-0.1, -0.05) is 0 Å². The van der Waals surface area contributed by atoms with E-state index in [-0.39, 0.29) is 29.6 Å². The molecule has 0 spiro atoms. The van der Waals surface area contributed by atoms with Crippen molar-refractivity contribution in [1.29, 1.82) is 0 Å². The van der Waals surface area contributed by atoms with Gasteiger partial charge in [0.25, 0.3) is 0 Å². The summed E-state index contributed by atoms with van der Waals surface area (Å²) >= 11 is 7.10. The van der Waals surface area contributed by atoms with E-state index < -0.39 is 0 Å². The Morgan fingerprint density at radius 3 is 1.40 bits per heavy atom. The summed E-state index contributed by atoms with van der Waals surface area (Å²) in [6, 6.07) is 0. The maximum Gasteiger partial charge on any atom is 1.00 e. The Bertz CT molecular complexity index is 14.4. The normalized spacial score (nSPS) is 7.20. The summed E-state index contributed by atoms with van der Waals surface area (Å²) in [4.78, 5) is 0. The molecule has 0 aromatic carbocycles. The standard InChI is InChI=1S/CH4NS2.Na/c1-2(3)4;/h3-4H,1H2;/q-1;+1. The van der Waals surface area contributed by atoms with Gasteiger partial charge in [0.2, 0.25) is 0 Å². The molecule has 0 saturated carbocycles. The monoisotopic (exact) mass is 117 g/mol. The van der Waals surface area contributed by atoms with Crippen molar-refractivity contribution in [3.63, 3.8) is 0 Å². The number of hydrogen-bond donors (Lipinski definition) is 2. The van der Waals surface area contributed by atoms with Crippen molar-refractivity contribution >= 4 is 25.6 Å². The van der Waals surface area contributed by atoms with Gasteiger partial charge in [-0.3, -0.25) is 7.05 Å². The quantitative estimate of drug-likeness (QED) is 0.206. The SMILES string of the molecule is [CH2-]N(S)S.[Na+]. The van der Waals surface area contributed by atoms with Gasteiger partial charge in [-0.25, -0.2) is 0 Å². The van der Waals surface area contributed by atoms with Gasteiger partial charge in [0.1, 0.15) is 0 Å². The molecule has 0 bridgehead atoms. The van der Waals surface area contributed by atoms with E-state index >= 15 is 0 Å². The maximum atomic E-state index is 3.55. The molecule has 4 heteroatoms. The molecule has 0 aliphatic rings. The zero-order valence-electron chi connectivity index (χ0n) is 3.05. The van der Waals surface area contributed by atoms with Gasteiger partial charge in [0, 0.05) is 0 Å². The predicted molar refractivity (Wildman–Crippen MR) is 25.2 cm³/mol. The van der Waals surface area contributed by atoms with Crippen LogP contribution in [0.5, 0.6) is 0 Å². The Labute approximate surface area is 65.5 Å². The van der Waals surface area contributed by atoms with Crippen LogP contribution in [-0.4, -0.2) is 3.71 Å². The first kappa shape index (κ1) is 9.83. The fraction of sp³-hybridized carbons (Fsp3) is 0. The van der Waals surface area contributed by atoms with E-state index in [0.717, 1.165) is 3.71 Å². The second kappa shape index (κ2) is 5.66. The van der Waals surface area contributed by atoms with Crippen molar-refractivity contribution < 1.29 is 29.6 Å². The van der Waals surface area contributed by atoms with Crippen molar-refractivity contribution in [2.45, 2.75) is 0 Å². The van der Waals surface area contributed by atoms with E-state index in [1.807, 2.05) is 0 Å². The second-order valence-corrected chi connectivity index (χ2v) is 1.65. The Morgan fingerprint density at radius 1 is 1.40 bits per heavy atom. The average Bonchev–Trinajstić information content (AvgIpc) is 0.811. The van der Waals surface area contributed by atoms with Gasteiger partial charge in [0.05, 0.1) is 0 Å². The first-order valence-corrected chi connectivity index (χ1v) is 1.52. The van der Waals surface area contributed by atoms with Crippen molar-refractivity contribution in [3.05, 3.63) is 7.05 Å². The minimum atomic E-state index is 0. The molecule has 0 heterocycles. The van der Waals surface area contributed by atoms with Crippen LogP contribution in [0, 0.1) is 7.05 Å². The summed E-state index contributed by atoms with van der Waals surface area (Å²) in [6.45, 7) is 0. The third-order valence-corrected chi connectivity index (χ3v) is 0. The van der Waals surface area contributed by atoms with Gasteiger partial charge in [-0.15, -0.1) is 25.6 Å². The van der Waals surface area contributed by atoms with E-state index in [9.17, 15) is 0 Å². The summed E-state index contributed by atoms with van der Waals surface area (Å²) in [5.41, 5.74) is 0. The van der Waals surface area contributed by atoms with Crippen LogP contribution in [0.3, 0.4) is 0 Å². The van der Waals surface area contributed by atoms with E-state index in [1.165, 1.54) is 0 Å². The van der Waals surface area contributed by atoms with Gasteiger partial charge >= 0.3 is 29.6 Å². The number of hydrogen-bond acceptors (Lipinski definition) is 3. The fourth-order valence-electron chi connectivity index (χ4n) is 0. The topological polar surface area (TPSA) is 3.24 Å². The summed E-state index contributed by atoms with van der Waals surface area (Å²) < 4.78 is 1.14.